The second-order valence-electron chi connectivity index (χ2n) is 7.83. The summed E-state index contributed by atoms with van der Waals surface area (Å²) < 4.78 is 0. The molecule has 1 atom stereocenters. The van der Waals surface area contributed by atoms with Crippen molar-refractivity contribution in [2.45, 2.75) is 25.8 Å². The molecule has 0 aliphatic carbocycles. The second kappa shape index (κ2) is 9.80. The van der Waals surface area contributed by atoms with Crippen LogP contribution in [0.2, 0.25) is 5.02 Å². The molecule has 0 spiro atoms. The number of hydrogen-bond donors (Lipinski definition) is 4. The number of carbonyl (C=O) groups excluding carboxylic acids is 4. The topological polar surface area (TPSA) is 120 Å². The summed E-state index contributed by atoms with van der Waals surface area (Å²) in [5.74, 6) is -1.88. The SMILES string of the molecule is CC1CCC(C(=O)Nc2ccc(Cl)cc2)=C2NC=C(C(=O)NNC(=O)c3ccccc3)C(=O)N21. The minimum Gasteiger partial charge on any atom is -0.347 e. The molecule has 2 aromatic carbocycles. The van der Waals surface area contributed by atoms with E-state index >= 15 is 0 Å². The third-order valence-electron chi connectivity index (χ3n) is 5.53. The Balaban J connectivity index is 1.50. The summed E-state index contributed by atoms with van der Waals surface area (Å²) in [4.78, 5) is 52.3. The molecule has 0 saturated carbocycles. The van der Waals surface area contributed by atoms with Gasteiger partial charge >= 0.3 is 0 Å². The maximum atomic E-state index is 13.2. The molecule has 0 fully saturated rings. The molecule has 0 radical (unpaired) electrons. The number of benzene rings is 2. The van der Waals surface area contributed by atoms with Crippen LogP contribution in [0.1, 0.15) is 30.1 Å². The highest BCUT2D eigenvalue weighted by molar-refractivity contribution is 6.30. The average Bonchev–Trinajstić information content (AvgIpc) is 2.84. The number of nitrogens with zero attached hydrogens (tertiary/aromatic N) is 1. The standard InChI is InChI=1S/C24H22ClN5O4/c1-14-7-12-18(22(32)27-17-10-8-16(25)9-11-17)20-26-13-19(24(34)30(14)20)23(33)29-28-21(31)15-5-3-2-4-6-15/h2-6,8-11,13-14,26H,7,12H2,1H3,(H,27,32)(H,28,31)(H,29,33). The summed E-state index contributed by atoms with van der Waals surface area (Å²) in [6.07, 6.45) is 2.24. The van der Waals surface area contributed by atoms with Gasteiger partial charge in [0, 0.05) is 28.5 Å². The van der Waals surface area contributed by atoms with Gasteiger partial charge in [0.2, 0.25) is 0 Å². The third-order valence-corrected chi connectivity index (χ3v) is 5.78. The molecule has 4 amide bonds. The van der Waals surface area contributed by atoms with Crippen LogP contribution in [0.4, 0.5) is 5.69 Å². The van der Waals surface area contributed by atoms with Crippen molar-refractivity contribution in [3.05, 3.63) is 88.4 Å². The van der Waals surface area contributed by atoms with Crippen LogP contribution in [0.3, 0.4) is 0 Å². The molecule has 10 heteroatoms. The molecule has 174 valence electrons. The van der Waals surface area contributed by atoms with Gasteiger partial charge in [0.25, 0.3) is 23.6 Å². The normalized spacial score (nSPS) is 17.2. The Labute approximate surface area is 200 Å². The Kier molecular flexibility index (Phi) is 6.65. The number of hydrazine groups is 1. The predicted octanol–water partition coefficient (Wildman–Crippen LogP) is 2.45. The zero-order valence-corrected chi connectivity index (χ0v) is 19.0. The van der Waals surface area contributed by atoms with E-state index in [-0.39, 0.29) is 17.5 Å². The Hall–Kier alpha value is -4.11. The largest absolute Gasteiger partial charge is 0.347 e. The minimum atomic E-state index is -0.772. The molecule has 0 bridgehead atoms. The van der Waals surface area contributed by atoms with Crippen molar-refractivity contribution in [2.24, 2.45) is 0 Å². The quantitative estimate of drug-likeness (QED) is 0.396. The number of carbonyl (C=O) groups is 4. The average molecular weight is 480 g/mol. The summed E-state index contributed by atoms with van der Waals surface area (Å²) in [6.45, 7) is 1.84. The van der Waals surface area contributed by atoms with Crippen molar-refractivity contribution in [1.82, 2.24) is 21.1 Å². The summed E-state index contributed by atoms with van der Waals surface area (Å²) in [7, 11) is 0. The molecule has 0 saturated heterocycles. The van der Waals surface area contributed by atoms with Gasteiger partial charge in [0.15, 0.2) is 0 Å². The summed E-state index contributed by atoms with van der Waals surface area (Å²) >= 11 is 5.89. The van der Waals surface area contributed by atoms with E-state index in [1.807, 2.05) is 6.92 Å². The van der Waals surface area contributed by atoms with Crippen LogP contribution < -0.4 is 21.5 Å². The molecule has 2 aliphatic rings. The lowest BCUT2D eigenvalue weighted by atomic mass is 9.96. The summed E-state index contributed by atoms with van der Waals surface area (Å²) in [5.41, 5.74) is 5.69. The second-order valence-corrected chi connectivity index (χ2v) is 8.26. The van der Waals surface area contributed by atoms with Crippen molar-refractivity contribution in [2.75, 3.05) is 5.32 Å². The van der Waals surface area contributed by atoms with Gasteiger partial charge in [-0.05, 0) is 56.2 Å². The molecule has 9 nitrogen and oxygen atoms in total. The third kappa shape index (κ3) is 4.79. The van der Waals surface area contributed by atoms with Crippen LogP contribution in [-0.2, 0) is 14.4 Å². The molecular formula is C24H22ClN5O4. The van der Waals surface area contributed by atoms with Gasteiger partial charge in [-0.3, -0.25) is 34.9 Å². The number of fused-ring (bicyclic) bond motifs is 1. The number of halogens is 1. The maximum absolute atomic E-state index is 13.2. The van der Waals surface area contributed by atoms with Crippen molar-refractivity contribution in [3.8, 4) is 0 Å². The highest BCUT2D eigenvalue weighted by atomic mass is 35.5. The molecule has 1 unspecified atom stereocenters. The van der Waals surface area contributed by atoms with Crippen LogP contribution in [0.5, 0.6) is 0 Å². The smallest absolute Gasteiger partial charge is 0.276 e. The van der Waals surface area contributed by atoms with E-state index in [0.717, 1.165) is 0 Å². The predicted molar refractivity (Wildman–Crippen MR) is 126 cm³/mol. The van der Waals surface area contributed by atoms with E-state index in [1.165, 1.54) is 11.1 Å². The van der Waals surface area contributed by atoms with Crippen LogP contribution in [0.15, 0.2) is 77.8 Å². The number of anilines is 1. The highest BCUT2D eigenvalue weighted by Crippen LogP contribution is 2.30. The van der Waals surface area contributed by atoms with Gasteiger partial charge in [-0.1, -0.05) is 29.8 Å². The first kappa shape index (κ1) is 23.1. The van der Waals surface area contributed by atoms with Gasteiger partial charge < -0.3 is 10.6 Å². The number of nitrogens with one attached hydrogen (secondary N) is 4. The van der Waals surface area contributed by atoms with E-state index in [4.69, 9.17) is 11.6 Å². The number of hydrogen-bond acceptors (Lipinski definition) is 5. The van der Waals surface area contributed by atoms with Gasteiger partial charge in [-0.15, -0.1) is 0 Å². The van der Waals surface area contributed by atoms with Crippen molar-refractivity contribution < 1.29 is 19.2 Å². The van der Waals surface area contributed by atoms with E-state index in [9.17, 15) is 19.2 Å². The van der Waals surface area contributed by atoms with Crippen LogP contribution in [0, 0.1) is 0 Å². The molecule has 0 aromatic heterocycles. The van der Waals surface area contributed by atoms with Crippen LogP contribution >= 0.6 is 11.6 Å². The Bertz CT molecular complexity index is 1210. The van der Waals surface area contributed by atoms with E-state index in [2.05, 4.69) is 21.5 Å². The van der Waals surface area contributed by atoms with Crippen LogP contribution in [0.25, 0.3) is 0 Å². The lowest BCUT2D eigenvalue weighted by molar-refractivity contribution is -0.131. The highest BCUT2D eigenvalue weighted by Gasteiger charge is 2.38. The zero-order chi connectivity index (χ0) is 24.2. The van der Waals surface area contributed by atoms with Crippen LogP contribution in [-0.4, -0.2) is 34.6 Å². The molecule has 2 aliphatic heterocycles. The first-order chi connectivity index (χ1) is 16.3. The first-order valence-electron chi connectivity index (χ1n) is 10.6. The van der Waals surface area contributed by atoms with Gasteiger partial charge in [0.05, 0.1) is 5.57 Å². The van der Waals surface area contributed by atoms with Gasteiger partial charge in [0.1, 0.15) is 11.4 Å². The van der Waals surface area contributed by atoms with Crippen molar-refractivity contribution >= 4 is 40.9 Å². The summed E-state index contributed by atoms with van der Waals surface area (Å²) in [5, 5.41) is 6.28. The van der Waals surface area contributed by atoms with Gasteiger partial charge in [-0.25, -0.2) is 0 Å². The fourth-order valence-corrected chi connectivity index (χ4v) is 3.85. The fraction of sp³-hybridized carbons (Fsp3) is 0.167. The van der Waals surface area contributed by atoms with E-state index in [0.29, 0.717) is 40.5 Å². The zero-order valence-electron chi connectivity index (χ0n) is 18.2. The maximum Gasteiger partial charge on any atom is 0.276 e. The molecule has 4 rings (SSSR count). The van der Waals surface area contributed by atoms with E-state index < -0.39 is 17.7 Å². The van der Waals surface area contributed by atoms with Gasteiger partial charge in [-0.2, -0.15) is 0 Å². The first-order valence-corrected chi connectivity index (χ1v) is 11.0. The molecule has 34 heavy (non-hydrogen) atoms. The minimum absolute atomic E-state index is 0.191. The monoisotopic (exact) mass is 479 g/mol. The number of rotatable bonds is 4. The fourth-order valence-electron chi connectivity index (χ4n) is 3.72. The summed E-state index contributed by atoms with van der Waals surface area (Å²) in [6, 6.07) is 14.8. The Morgan fingerprint density at radius 1 is 0.971 bits per heavy atom. The molecule has 4 N–H and O–H groups in total. The number of amides is 4. The van der Waals surface area contributed by atoms with E-state index in [1.54, 1.807) is 54.6 Å². The lowest BCUT2D eigenvalue weighted by Crippen LogP contribution is -2.53. The molecule has 2 aromatic rings. The molecular weight excluding hydrogens is 458 g/mol. The van der Waals surface area contributed by atoms with Crippen molar-refractivity contribution in [3.63, 3.8) is 0 Å². The molecule has 2 heterocycles. The Morgan fingerprint density at radius 3 is 2.35 bits per heavy atom. The lowest BCUT2D eigenvalue weighted by Gasteiger charge is -2.39. The van der Waals surface area contributed by atoms with Crippen molar-refractivity contribution in [1.29, 1.82) is 0 Å². The Morgan fingerprint density at radius 2 is 1.65 bits per heavy atom.